The molecule has 11 nitrogen and oxygen atoms in total. The predicted octanol–water partition coefficient (Wildman–Crippen LogP) is -8.59. The minimum Gasteiger partial charge on any atom is -0.550 e. The Morgan fingerprint density at radius 2 is 1.33 bits per heavy atom. The molecule has 0 aromatic heterocycles. The molecule has 0 saturated heterocycles. The summed E-state index contributed by atoms with van der Waals surface area (Å²) in [6.45, 7) is -0.389. The van der Waals surface area contributed by atoms with Gasteiger partial charge in [-0.25, -0.2) is 0 Å². The Morgan fingerprint density at radius 3 is 1.48 bits per heavy atom. The normalized spacial score (nSPS) is 12.9. The Hall–Kier alpha value is -1.20. The van der Waals surface area contributed by atoms with Crippen LogP contribution in [-0.4, -0.2) is 52.3 Å². The van der Waals surface area contributed by atoms with Crippen molar-refractivity contribution in [2.45, 2.75) is 18.1 Å². The van der Waals surface area contributed by atoms with Crippen LogP contribution in [0.3, 0.4) is 0 Å². The first-order valence-corrected chi connectivity index (χ1v) is 4.41. The van der Waals surface area contributed by atoms with Crippen LogP contribution in [0.25, 0.3) is 0 Å². The second-order valence-corrected chi connectivity index (χ2v) is 3.06. The van der Waals surface area contributed by atoms with Gasteiger partial charge in [-0.3, -0.25) is 0 Å². The van der Waals surface area contributed by atoms with Crippen LogP contribution in [0.2, 0.25) is 0 Å². The largest absolute Gasteiger partial charge is 2.00 e. The van der Waals surface area contributed by atoms with Crippen LogP contribution in [0.4, 0.5) is 0 Å². The van der Waals surface area contributed by atoms with E-state index in [0.717, 1.165) is 0 Å². The van der Waals surface area contributed by atoms with Crippen molar-refractivity contribution >= 4 is 23.9 Å². The first kappa shape index (κ1) is 28.0. The second kappa shape index (κ2) is 12.5. The summed E-state index contributed by atoms with van der Waals surface area (Å²) in [4.78, 5) is 39.3. The van der Waals surface area contributed by atoms with Crippen molar-refractivity contribution in [2.24, 2.45) is 5.73 Å². The van der Waals surface area contributed by atoms with E-state index in [1.54, 1.807) is 0 Å². The van der Waals surface area contributed by atoms with Crippen molar-refractivity contribution < 1.29 is 84.0 Å². The summed E-state index contributed by atoms with van der Waals surface area (Å²) < 4.78 is 0. The molecule has 0 spiro atoms. The van der Waals surface area contributed by atoms with Gasteiger partial charge < -0.3 is 55.6 Å². The summed E-state index contributed by atoms with van der Waals surface area (Å²) in [5, 5.41) is 56.9. The average molecular weight is 406 g/mol. The Kier molecular flexibility index (Phi) is 16.7. The van der Waals surface area contributed by atoms with Crippen molar-refractivity contribution in [1.29, 1.82) is 0 Å². The third-order valence-electron chi connectivity index (χ3n) is 1.61. The van der Waals surface area contributed by atoms with E-state index in [2.05, 4.69) is 5.73 Å². The summed E-state index contributed by atoms with van der Waals surface area (Å²) in [5.74, 6) is -8.06. The summed E-state index contributed by atoms with van der Waals surface area (Å²) in [6.07, 6.45) is -4.53. The molecule has 21 heavy (non-hydrogen) atoms. The van der Waals surface area contributed by atoms with Gasteiger partial charge in [0.1, 0.15) is 11.7 Å². The Bertz CT molecular complexity index is 376. The van der Waals surface area contributed by atoms with Gasteiger partial charge in [0, 0.05) is 18.9 Å². The quantitative estimate of drug-likeness (QED) is 0.351. The molecule has 0 amide bonds. The van der Waals surface area contributed by atoms with E-state index >= 15 is 0 Å². The second-order valence-electron chi connectivity index (χ2n) is 3.06. The molecule has 0 rings (SSSR count). The Morgan fingerprint density at radius 1 is 1.00 bits per heavy atom. The maximum Gasteiger partial charge on any atom is 2.00 e. The van der Waals surface area contributed by atoms with E-state index in [9.17, 15) is 29.7 Å². The molecular weight excluding hydrogens is 397 g/mol. The summed E-state index contributed by atoms with van der Waals surface area (Å²) in [7, 11) is 0. The molecule has 0 saturated carbocycles. The van der Waals surface area contributed by atoms with Crippen molar-refractivity contribution in [1.82, 2.24) is 0 Å². The number of aliphatic hydroxyl groups is 2. The molecule has 2 radical (unpaired) electrons. The van der Waals surface area contributed by atoms with Crippen molar-refractivity contribution in [3.63, 3.8) is 0 Å². The van der Waals surface area contributed by atoms with Gasteiger partial charge in [0.15, 0.2) is 0 Å². The van der Waals surface area contributed by atoms with Gasteiger partial charge in [0.2, 0.25) is 0 Å². The SMILES string of the molecule is NCC(=O)[O-].O=C([O-])CC(O)(C(=O)[O-])C(O)C(=O)[O-].[Cu+2].[Cu+2]. The molecule has 0 heterocycles. The topological polar surface area (TPSA) is 227 Å². The van der Waals surface area contributed by atoms with E-state index in [0.29, 0.717) is 0 Å². The molecule has 128 valence electrons. The van der Waals surface area contributed by atoms with Crippen LogP contribution < -0.4 is 26.2 Å². The predicted molar refractivity (Wildman–Crippen MR) is 44.7 cm³/mol. The van der Waals surface area contributed by atoms with Crippen LogP contribution >= 0.6 is 0 Å². The number of aliphatic carboxylic acids is 4. The number of nitrogens with two attached hydrogens (primary N) is 1. The summed E-state index contributed by atoms with van der Waals surface area (Å²) >= 11 is 0. The number of carbonyl (C=O) groups is 4. The molecular formula is C8H9Cu2NO10. The van der Waals surface area contributed by atoms with Crippen LogP contribution in [-0.2, 0) is 53.3 Å². The number of carbonyl (C=O) groups excluding carboxylic acids is 4. The van der Waals surface area contributed by atoms with E-state index in [4.69, 9.17) is 20.1 Å². The minimum absolute atomic E-state index is 0. The summed E-state index contributed by atoms with van der Waals surface area (Å²) in [6, 6.07) is 0. The third-order valence-corrected chi connectivity index (χ3v) is 1.61. The fraction of sp³-hybridized carbons (Fsp3) is 0.500. The fourth-order valence-electron chi connectivity index (χ4n) is 0.695. The molecule has 0 aliphatic carbocycles. The van der Waals surface area contributed by atoms with E-state index in [1.807, 2.05) is 0 Å². The van der Waals surface area contributed by atoms with Gasteiger partial charge in [-0.1, -0.05) is 0 Å². The van der Waals surface area contributed by atoms with Crippen molar-refractivity contribution in [2.75, 3.05) is 6.54 Å². The monoisotopic (exact) mass is 405 g/mol. The van der Waals surface area contributed by atoms with E-state index in [1.165, 1.54) is 0 Å². The maximum absolute atomic E-state index is 10.2. The molecule has 0 aromatic carbocycles. The number of aliphatic hydroxyl groups excluding tert-OH is 1. The summed E-state index contributed by atoms with van der Waals surface area (Å²) in [5.41, 5.74) is 1.05. The number of hydrogen-bond acceptors (Lipinski definition) is 11. The van der Waals surface area contributed by atoms with Crippen molar-refractivity contribution in [3.8, 4) is 0 Å². The number of carboxylic acids is 4. The average Bonchev–Trinajstić information content (AvgIpc) is 2.27. The van der Waals surface area contributed by atoms with Crippen LogP contribution in [0.1, 0.15) is 6.42 Å². The third kappa shape index (κ3) is 11.2. The van der Waals surface area contributed by atoms with E-state index in [-0.39, 0.29) is 40.7 Å². The first-order valence-electron chi connectivity index (χ1n) is 4.41. The Labute approximate surface area is 138 Å². The van der Waals surface area contributed by atoms with Gasteiger partial charge in [0.05, 0.1) is 17.9 Å². The van der Waals surface area contributed by atoms with Gasteiger partial charge in [-0.2, -0.15) is 0 Å². The molecule has 4 N–H and O–H groups in total. The Balaban J connectivity index is -0.000000179. The van der Waals surface area contributed by atoms with Crippen molar-refractivity contribution in [3.05, 3.63) is 0 Å². The fourth-order valence-corrected chi connectivity index (χ4v) is 0.695. The zero-order valence-electron chi connectivity index (χ0n) is 9.83. The number of rotatable bonds is 6. The molecule has 2 atom stereocenters. The molecule has 0 aliphatic heterocycles. The molecule has 0 aliphatic rings. The minimum atomic E-state index is -3.46. The number of carboxylic acid groups (broad SMARTS) is 4. The van der Waals surface area contributed by atoms with E-state index < -0.39 is 42.0 Å². The van der Waals surface area contributed by atoms with Gasteiger partial charge in [-0.15, -0.1) is 0 Å². The number of hydrogen-bond donors (Lipinski definition) is 3. The van der Waals surface area contributed by atoms with Crippen LogP contribution in [0.15, 0.2) is 0 Å². The smallest absolute Gasteiger partial charge is 0.550 e. The maximum atomic E-state index is 10.2. The molecule has 0 fully saturated rings. The van der Waals surface area contributed by atoms with Crippen LogP contribution in [0, 0.1) is 0 Å². The first-order chi connectivity index (χ1) is 8.48. The standard InChI is InChI=1S/C6H8O8.C2H5NO2.2Cu/c7-2(8)1-6(14,5(12)13)3(9)4(10)11;3-1-2(4)5;;/h3,9,14H,1H2,(H,7,8)(H,10,11)(H,12,13);1,3H2,(H,4,5);;/q;;2*+2/p-4. The zero-order chi connectivity index (χ0) is 15.8. The molecule has 2 unspecified atom stereocenters. The molecule has 0 bridgehead atoms. The zero-order valence-corrected chi connectivity index (χ0v) is 11.7. The van der Waals surface area contributed by atoms with Gasteiger partial charge >= 0.3 is 34.1 Å². The van der Waals surface area contributed by atoms with Gasteiger partial charge in [-0.05, 0) is 0 Å². The molecule has 0 aromatic rings. The van der Waals surface area contributed by atoms with Crippen LogP contribution in [0.5, 0.6) is 0 Å². The van der Waals surface area contributed by atoms with Gasteiger partial charge in [0.25, 0.3) is 0 Å². The molecule has 13 heteroatoms.